The number of hydrogen-bond acceptors (Lipinski definition) is 8. The molecular formula is C25H41NO7. The molecule has 3 N–H and O–H groups in total. The minimum atomic E-state index is -1.55. The van der Waals surface area contributed by atoms with Gasteiger partial charge >= 0.3 is 0 Å². The van der Waals surface area contributed by atoms with E-state index in [0.29, 0.717) is 19.4 Å². The molecule has 1 aliphatic heterocycles. The Hall–Kier alpha value is -0.320. The number of fused-ring (bicyclic) bond motifs is 2. The molecule has 188 valence electrons. The molecule has 0 unspecified atom stereocenters. The number of ether oxygens (including phenoxy) is 4. The molecule has 13 atom stereocenters. The average molecular weight is 468 g/mol. The molecule has 0 aromatic heterocycles. The van der Waals surface area contributed by atoms with E-state index in [1.165, 1.54) is 0 Å². The highest BCUT2D eigenvalue weighted by atomic mass is 16.5. The van der Waals surface area contributed by atoms with Crippen LogP contribution in [0.15, 0.2) is 0 Å². The number of likely N-dealkylation sites (tertiary alicyclic amines) is 1. The second-order valence-electron chi connectivity index (χ2n) is 11.9. The molecule has 6 fully saturated rings. The van der Waals surface area contributed by atoms with Crippen LogP contribution in [0.25, 0.3) is 0 Å². The summed E-state index contributed by atoms with van der Waals surface area (Å²) in [5.41, 5.74) is -3.82. The van der Waals surface area contributed by atoms with Crippen molar-refractivity contribution >= 4 is 0 Å². The first kappa shape index (κ1) is 23.1. The molecule has 1 heterocycles. The molecule has 6 aliphatic rings. The van der Waals surface area contributed by atoms with Crippen LogP contribution in [0.3, 0.4) is 0 Å². The lowest BCUT2D eigenvalue weighted by Crippen LogP contribution is -2.82. The van der Waals surface area contributed by atoms with Crippen LogP contribution in [0.4, 0.5) is 0 Å². The highest BCUT2D eigenvalue weighted by Crippen LogP contribution is 2.80. The molecule has 6 rings (SSSR count). The maximum atomic E-state index is 12.9. The van der Waals surface area contributed by atoms with Crippen LogP contribution in [-0.4, -0.2) is 110 Å². The summed E-state index contributed by atoms with van der Waals surface area (Å²) < 4.78 is 24.0. The SMILES string of the molecule is CCN1C[C@]2(COC)CC[C@H](O)[C@@]34[C@H]5C[C@H]6[C@H](OC)[C@@H]5[C@](O)(C[C@@H]6OC)[C@@](O)([C@@H](OC)[C@@H]23)[C@@H]14. The summed E-state index contributed by atoms with van der Waals surface area (Å²) in [7, 11) is 6.79. The summed E-state index contributed by atoms with van der Waals surface area (Å²) in [6.45, 7) is 4.18. The lowest BCUT2D eigenvalue weighted by molar-refractivity contribution is -0.318. The zero-order valence-electron chi connectivity index (χ0n) is 20.6. The number of methoxy groups -OCH3 is 4. The Balaban J connectivity index is 1.67. The monoisotopic (exact) mass is 467 g/mol. The summed E-state index contributed by atoms with van der Waals surface area (Å²) in [6, 6.07) is -0.386. The third kappa shape index (κ3) is 2.20. The molecule has 8 nitrogen and oxygen atoms in total. The molecule has 5 aliphatic carbocycles. The van der Waals surface area contributed by atoms with Gasteiger partial charge in [0.15, 0.2) is 0 Å². The van der Waals surface area contributed by atoms with E-state index >= 15 is 0 Å². The Bertz CT molecular complexity index is 814. The minimum Gasteiger partial charge on any atom is -0.392 e. The zero-order chi connectivity index (χ0) is 23.6. The fourth-order valence-electron chi connectivity index (χ4n) is 11.0. The van der Waals surface area contributed by atoms with Crippen LogP contribution in [0.1, 0.15) is 32.6 Å². The van der Waals surface area contributed by atoms with Gasteiger partial charge in [-0.2, -0.15) is 0 Å². The Kier molecular flexibility index (Phi) is 4.99. The van der Waals surface area contributed by atoms with Gasteiger partial charge in [-0.3, -0.25) is 4.90 Å². The van der Waals surface area contributed by atoms with Gasteiger partial charge < -0.3 is 34.3 Å². The van der Waals surface area contributed by atoms with Crippen LogP contribution >= 0.6 is 0 Å². The fraction of sp³-hybridized carbons (Fsp3) is 1.00. The van der Waals surface area contributed by atoms with Gasteiger partial charge in [0.05, 0.1) is 37.1 Å². The lowest BCUT2D eigenvalue weighted by Gasteiger charge is -2.69. The topological polar surface area (TPSA) is 101 Å². The predicted molar refractivity (Wildman–Crippen MR) is 119 cm³/mol. The van der Waals surface area contributed by atoms with E-state index in [1.807, 2.05) is 0 Å². The van der Waals surface area contributed by atoms with Crippen molar-refractivity contribution in [3.63, 3.8) is 0 Å². The van der Waals surface area contributed by atoms with E-state index in [1.54, 1.807) is 28.4 Å². The smallest absolute Gasteiger partial charge is 0.136 e. The molecular weight excluding hydrogens is 426 g/mol. The van der Waals surface area contributed by atoms with E-state index in [-0.39, 0.29) is 47.3 Å². The quantitative estimate of drug-likeness (QED) is 0.512. The van der Waals surface area contributed by atoms with E-state index < -0.39 is 28.8 Å². The van der Waals surface area contributed by atoms with E-state index in [9.17, 15) is 15.3 Å². The molecule has 0 amide bonds. The molecule has 0 radical (unpaired) electrons. The minimum absolute atomic E-state index is 0.00825. The molecule has 8 heteroatoms. The van der Waals surface area contributed by atoms with Crippen molar-refractivity contribution in [1.82, 2.24) is 4.90 Å². The summed E-state index contributed by atoms with van der Waals surface area (Å²) in [5, 5.41) is 37.6. The van der Waals surface area contributed by atoms with Crippen molar-refractivity contribution in [1.29, 1.82) is 0 Å². The van der Waals surface area contributed by atoms with Gasteiger partial charge in [-0.15, -0.1) is 0 Å². The second-order valence-corrected chi connectivity index (χ2v) is 11.9. The normalized spacial score (nSPS) is 60.9. The highest BCUT2D eigenvalue weighted by molar-refractivity contribution is 5.41. The van der Waals surface area contributed by atoms with Crippen molar-refractivity contribution in [2.45, 2.75) is 74.3 Å². The van der Waals surface area contributed by atoms with Gasteiger partial charge in [0, 0.05) is 70.0 Å². The number of aliphatic hydroxyl groups is 3. The first-order valence-corrected chi connectivity index (χ1v) is 12.7. The van der Waals surface area contributed by atoms with Gasteiger partial charge in [-0.25, -0.2) is 0 Å². The third-order valence-electron chi connectivity index (χ3n) is 11.5. The zero-order valence-corrected chi connectivity index (χ0v) is 20.6. The van der Waals surface area contributed by atoms with Gasteiger partial charge in [0.25, 0.3) is 0 Å². The Morgan fingerprint density at radius 2 is 1.82 bits per heavy atom. The van der Waals surface area contributed by atoms with Gasteiger partial charge in [0.1, 0.15) is 11.2 Å². The number of piperidine rings is 1. The average Bonchev–Trinajstić information content (AvgIpc) is 3.22. The summed E-state index contributed by atoms with van der Waals surface area (Å²) in [6.07, 6.45) is 1.06. The first-order valence-electron chi connectivity index (χ1n) is 12.7. The van der Waals surface area contributed by atoms with Crippen LogP contribution in [-0.2, 0) is 18.9 Å². The van der Waals surface area contributed by atoms with E-state index in [0.717, 1.165) is 25.9 Å². The van der Waals surface area contributed by atoms with Crippen LogP contribution < -0.4 is 0 Å². The molecule has 33 heavy (non-hydrogen) atoms. The predicted octanol–water partition coefficient (Wildman–Crippen LogP) is 0.271. The van der Waals surface area contributed by atoms with Crippen LogP contribution in [0, 0.1) is 34.5 Å². The lowest BCUT2D eigenvalue weighted by atomic mass is 9.42. The van der Waals surface area contributed by atoms with Gasteiger partial charge in [0.2, 0.25) is 0 Å². The number of hydrogen-bond donors (Lipinski definition) is 3. The van der Waals surface area contributed by atoms with Crippen molar-refractivity contribution < 1.29 is 34.3 Å². The number of nitrogens with zero attached hydrogens (tertiary/aromatic N) is 1. The molecule has 1 spiro atoms. The standard InChI is InChI=1S/C25H41NO7/c1-6-26-11-22(12-30-2)8-7-16(27)24-14-9-13-15(31-3)10-23(28,17(14)18(13)32-4)25(29,21(24)26)20(33-5)19(22)24/h13-21,27-29H,6-12H2,1-5H3/t13-,14+,15+,16+,17-,18+,19+,20+,21+,22+,23-,24+,25-/m1/s1. The second kappa shape index (κ2) is 7.13. The summed E-state index contributed by atoms with van der Waals surface area (Å²) in [4.78, 5) is 2.33. The molecule has 5 saturated carbocycles. The maximum Gasteiger partial charge on any atom is 0.136 e. The van der Waals surface area contributed by atoms with E-state index in [4.69, 9.17) is 18.9 Å². The van der Waals surface area contributed by atoms with Crippen molar-refractivity contribution in [2.75, 3.05) is 48.1 Å². The number of likely N-dealkylation sites (N-methyl/N-ethyl adjacent to an activating group) is 1. The largest absolute Gasteiger partial charge is 0.392 e. The fourth-order valence-corrected chi connectivity index (χ4v) is 11.0. The number of rotatable bonds is 6. The summed E-state index contributed by atoms with van der Waals surface area (Å²) >= 11 is 0. The van der Waals surface area contributed by atoms with Crippen LogP contribution in [0.5, 0.6) is 0 Å². The Morgan fingerprint density at radius 3 is 2.42 bits per heavy atom. The van der Waals surface area contributed by atoms with Crippen molar-refractivity contribution in [3.05, 3.63) is 0 Å². The summed E-state index contributed by atoms with van der Waals surface area (Å²) in [5.74, 6) is -0.231. The van der Waals surface area contributed by atoms with Gasteiger partial charge in [-0.05, 0) is 31.7 Å². The highest BCUT2D eigenvalue weighted by Gasteiger charge is 2.91. The number of aliphatic hydroxyl groups excluding tert-OH is 1. The third-order valence-corrected chi connectivity index (χ3v) is 11.5. The van der Waals surface area contributed by atoms with Crippen LogP contribution in [0.2, 0.25) is 0 Å². The Morgan fingerprint density at radius 1 is 1.06 bits per heavy atom. The Labute approximate surface area is 196 Å². The van der Waals surface area contributed by atoms with E-state index in [2.05, 4.69) is 11.8 Å². The molecule has 1 saturated heterocycles. The van der Waals surface area contributed by atoms with Crippen molar-refractivity contribution in [3.8, 4) is 0 Å². The van der Waals surface area contributed by atoms with Crippen molar-refractivity contribution in [2.24, 2.45) is 34.5 Å². The first-order chi connectivity index (χ1) is 15.8. The molecule has 0 aromatic rings. The molecule has 0 aromatic carbocycles. The molecule has 7 bridgehead atoms. The maximum absolute atomic E-state index is 12.9. The van der Waals surface area contributed by atoms with Gasteiger partial charge in [-0.1, -0.05) is 6.92 Å².